The monoisotopic (exact) mass is 400 g/mol. The number of nitrogens with one attached hydrogen (secondary N) is 2. The van der Waals surface area contributed by atoms with Crippen molar-refractivity contribution in [2.24, 2.45) is 0 Å². The number of amides is 2. The predicted molar refractivity (Wildman–Crippen MR) is 99.8 cm³/mol. The molecule has 1 aromatic carbocycles. The summed E-state index contributed by atoms with van der Waals surface area (Å²) in [4.78, 5) is 28.5. The van der Waals surface area contributed by atoms with E-state index in [0.29, 0.717) is 11.3 Å². The van der Waals surface area contributed by atoms with Gasteiger partial charge in [0.25, 0.3) is 5.91 Å². The van der Waals surface area contributed by atoms with E-state index >= 15 is 0 Å². The highest BCUT2D eigenvalue weighted by molar-refractivity contribution is 9.10. The number of fused-ring (bicyclic) bond motifs is 1. The highest BCUT2D eigenvalue weighted by Gasteiger charge is 2.12. The number of hydrogen-bond donors (Lipinski definition) is 2. The Labute approximate surface area is 153 Å². The Kier molecular flexibility index (Phi) is 4.85. The van der Waals surface area contributed by atoms with Crippen LogP contribution in [-0.4, -0.2) is 27.7 Å². The average Bonchev–Trinajstić information content (AvgIpc) is 2.98. The largest absolute Gasteiger partial charge is 0.342 e. The third-order valence-corrected chi connectivity index (χ3v) is 4.21. The zero-order valence-electron chi connectivity index (χ0n) is 13.8. The fourth-order valence-corrected chi connectivity index (χ4v) is 2.88. The maximum absolute atomic E-state index is 12.2. The summed E-state index contributed by atoms with van der Waals surface area (Å²) in [6.45, 7) is 3.74. The number of aromatic nitrogens is 2. The minimum absolute atomic E-state index is 0.124. The zero-order chi connectivity index (χ0) is 18.0. The summed E-state index contributed by atoms with van der Waals surface area (Å²) in [6, 6.07) is 9.39. The quantitative estimate of drug-likeness (QED) is 0.706. The molecule has 0 unspecified atom stereocenters. The number of aryl methyl sites for hydroxylation is 2. The van der Waals surface area contributed by atoms with Gasteiger partial charge in [0.15, 0.2) is 0 Å². The Bertz CT molecular complexity index is 965. The molecule has 0 fully saturated rings. The maximum atomic E-state index is 12.2. The first-order valence-corrected chi connectivity index (χ1v) is 8.51. The molecule has 2 aromatic heterocycles. The normalized spacial score (nSPS) is 10.7. The second kappa shape index (κ2) is 7.06. The number of pyridine rings is 1. The van der Waals surface area contributed by atoms with Crippen LogP contribution in [0.15, 0.2) is 47.2 Å². The molecule has 128 valence electrons. The number of carbonyl (C=O) groups excluding carboxylic acids is 2. The first-order valence-electron chi connectivity index (χ1n) is 7.72. The zero-order valence-corrected chi connectivity index (χ0v) is 15.4. The number of benzene rings is 1. The number of halogens is 1. The number of nitrogens with zero attached hydrogens (tertiary/aromatic N) is 2. The molecular formula is C18H17BrN4O2. The van der Waals surface area contributed by atoms with Gasteiger partial charge in [-0.2, -0.15) is 0 Å². The summed E-state index contributed by atoms with van der Waals surface area (Å²) in [5.74, 6) is -0.678. The molecule has 7 heteroatoms. The molecule has 3 aromatic rings. The summed E-state index contributed by atoms with van der Waals surface area (Å²) in [5.41, 5.74) is 3.68. The minimum atomic E-state index is -0.385. The van der Waals surface area contributed by atoms with Crippen LogP contribution in [0.1, 0.15) is 21.6 Å². The lowest BCUT2D eigenvalue weighted by Crippen LogP contribution is -2.33. The SMILES string of the molecule is Cc1ccn2cc(C(=O)NCC(=O)Nc3ccc(Br)cc3C)nc2c1. The number of imidazole rings is 1. The van der Waals surface area contributed by atoms with Gasteiger partial charge in [-0.25, -0.2) is 4.98 Å². The molecule has 0 bridgehead atoms. The van der Waals surface area contributed by atoms with Gasteiger partial charge in [0, 0.05) is 22.6 Å². The molecule has 6 nitrogen and oxygen atoms in total. The van der Waals surface area contributed by atoms with E-state index in [4.69, 9.17) is 0 Å². The number of carbonyl (C=O) groups is 2. The van der Waals surface area contributed by atoms with E-state index in [1.165, 1.54) is 0 Å². The van der Waals surface area contributed by atoms with Crippen molar-refractivity contribution in [3.63, 3.8) is 0 Å². The number of rotatable bonds is 4. The smallest absolute Gasteiger partial charge is 0.271 e. The van der Waals surface area contributed by atoms with Gasteiger partial charge >= 0.3 is 0 Å². The van der Waals surface area contributed by atoms with Gasteiger partial charge in [0.1, 0.15) is 11.3 Å². The first kappa shape index (κ1) is 17.2. The van der Waals surface area contributed by atoms with Gasteiger partial charge in [-0.3, -0.25) is 9.59 Å². The molecule has 0 saturated heterocycles. The van der Waals surface area contributed by atoms with Crippen LogP contribution < -0.4 is 10.6 Å². The molecule has 2 heterocycles. The minimum Gasteiger partial charge on any atom is -0.342 e. The first-order chi connectivity index (χ1) is 11.9. The van der Waals surface area contributed by atoms with E-state index < -0.39 is 0 Å². The van der Waals surface area contributed by atoms with Crippen molar-refractivity contribution in [2.75, 3.05) is 11.9 Å². The van der Waals surface area contributed by atoms with Crippen LogP contribution in [0.4, 0.5) is 5.69 Å². The van der Waals surface area contributed by atoms with Crippen molar-refractivity contribution in [1.82, 2.24) is 14.7 Å². The van der Waals surface area contributed by atoms with Crippen LogP contribution in [0.2, 0.25) is 0 Å². The number of anilines is 1. The Morgan fingerprint density at radius 1 is 1.20 bits per heavy atom. The highest BCUT2D eigenvalue weighted by atomic mass is 79.9. The Morgan fingerprint density at radius 3 is 2.76 bits per heavy atom. The molecule has 3 rings (SSSR count). The van der Waals surface area contributed by atoms with Crippen LogP contribution in [0.5, 0.6) is 0 Å². The van der Waals surface area contributed by atoms with Crippen molar-refractivity contribution >= 4 is 39.1 Å². The molecule has 0 aliphatic heterocycles. The standard InChI is InChI=1S/C18H17BrN4O2/c1-11-5-6-23-10-15(21-16(23)7-11)18(25)20-9-17(24)22-14-4-3-13(19)8-12(14)2/h3-8,10H,9H2,1-2H3,(H,20,25)(H,22,24). The molecule has 0 atom stereocenters. The fourth-order valence-electron chi connectivity index (χ4n) is 2.41. The fraction of sp³-hybridized carbons (Fsp3) is 0.167. The molecule has 0 spiro atoms. The Morgan fingerprint density at radius 2 is 2.00 bits per heavy atom. The van der Waals surface area contributed by atoms with E-state index in [0.717, 1.165) is 15.6 Å². The van der Waals surface area contributed by atoms with Crippen LogP contribution in [-0.2, 0) is 4.79 Å². The summed E-state index contributed by atoms with van der Waals surface area (Å²) in [6.07, 6.45) is 3.48. The molecule has 0 radical (unpaired) electrons. The molecule has 25 heavy (non-hydrogen) atoms. The Hall–Kier alpha value is -2.67. The average molecular weight is 401 g/mol. The molecule has 2 amide bonds. The highest BCUT2D eigenvalue weighted by Crippen LogP contribution is 2.19. The second-order valence-corrected chi connectivity index (χ2v) is 6.70. The molecule has 0 saturated carbocycles. The topological polar surface area (TPSA) is 75.5 Å². The molecular weight excluding hydrogens is 384 g/mol. The Balaban J connectivity index is 1.61. The lowest BCUT2D eigenvalue weighted by Gasteiger charge is -2.09. The lowest BCUT2D eigenvalue weighted by molar-refractivity contribution is -0.115. The van der Waals surface area contributed by atoms with E-state index in [-0.39, 0.29) is 24.1 Å². The van der Waals surface area contributed by atoms with E-state index in [9.17, 15) is 9.59 Å². The summed E-state index contributed by atoms with van der Waals surface area (Å²) in [5, 5.41) is 5.37. The van der Waals surface area contributed by atoms with Crippen molar-refractivity contribution in [2.45, 2.75) is 13.8 Å². The van der Waals surface area contributed by atoms with Crippen LogP contribution in [0.25, 0.3) is 5.65 Å². The van der Waals surface area contributed by atoms with Crippen LogP contribution in [0.3, 0.4) is 0 Å². The van der Waals surface area contributed by atoms with Crippen molar-refractivity contribution in [3.05, 3.63) is 64.0 Å². The number of hydrogen-bond acceptors (Lipinski definition) is 3. The van der Waals surface area contributed by atoms with Gasteiger partial charge in [-0.15, -0.1) is 0 Å². The molecule has 0 aliphatic rings. The van der Waals surface area contributed by atoms with Gasteiger partial charge in [0.05, 0.1) is 6.54 Å². The van der Waals surface area contributed by atoms with E-state index in [1.54, 1.807) is 10.6 Å². The second-order valence-electron chi connectivity index (χ2n) is 5.79. The van der Waals surface area contributed by atoms with Crippen LogP contribution >= 0.6 is 15.9 Å². The maximum Gasteiger partial charge on any atom is 0.271 e. The summed E-state index contributed by atoms with van der Waals surface area (Å²) in [7, 11) is 0. The third kappa shape index (κ3) is 4.06. The van der Waals surface area contributed by atoms with Gasteiger partial charge < -0.3 is 15.0 Å². The predicted octanol–water partition coefficient (Wildman–Crippen LogP) is 3.08. The summed E-state index contributed by atoms with van der Waals surface area (Å²) >= 11 is 3.38. The summed E-state index contributed by atoms with van der Waals surface area (Å²) < 4.78 is 2.71. The van der Waals surface area contributed by atoms with Gasteiger partial charge in [-0.1, -0.05) is 15.9 Å². The van der Waals surface area contributed by atoms with Crippen LogP contribution in [0, 0.1) is 13.8 Å². The van der Waals surface area contributed by atoms with E-state index in [2.05, 4.69) is 31.5 Å². The van der Waals surface area contributed by atoms with Gasteiger partial charge in [0.2, 0.25) is 5.91 Å². The molecule has 0 aliphatic carbocycles. The van der Waals surface area contributed by atoms with Crippen molar-refractivity contribution in [1.29, 1.82) is 0 Å². The third-order valence-electron chi connectivity index (χ3n) is 3.72. The van der Waals surface area contributed by atoms with Gasteiger partial charge in [-0.05, 0) is 55.3 Å². The van der Waals surface area contributed by atoms with Crippen molar-refractivity contribution < 1.29 is 9.59 Å². The molecule has 2 N–H and O–H groups in total. The van der Waals surface area contributed by atoms with Crippen molar-refractivity contribution in [3.8, 4) is 0 Å². The lowest BCUT2D eigenvalue weighted by atomic mass is 10.2. The van der Waals surface area contributed by atoms with E-state index in [1.807, 2.05) is 50.4 Å².